The second-order valence-electron chi connectivity index (χ2n) is 7.49. The zero-order chi connectivity index (χ0) is 23.5. The van der Waals surface area contributed by atoms with Crippen molar-refractivity contribution < 1.29 is 29.1 Å². The molecular formula is C23H22N4O6. The van der Waals surface area contributed by atoms with Gasteiger partial charge in [0.2, 0.25) is 0 Å². The monoisotopic (exact) mass is 450 g/mol. The van der Waals surface area contributed by atoms with Gasteiger partial charge in [0, 0.05) is 26.2 Å². The zero-order valence-electron chi connectivity index (χ0n) is 18.0. The van der Waals surface area contributed by atoms with Crippen LogP contribution >= 0.6 is 0 Å². The maximum Gasteiger partial charge on any atom is 0.412 e. The molecule has 1 aliphatic rings. The minimum Gasteiger partial charge on any atom is -0.479 e. The molecule has 33 heavy (non-hydrogen) atoms. The lowest BCUT2D eigenvalue weighted by molar-refractivity contribution is -0.159. The molecule has 0 saturated heterocycles. The average molecular weight is 450 g/mol. The summed E-state index contributed by atoms with van der Waals surface area (Å²) in [6.45, 7) is -0.574. The first-order valence-electron chi connectivity index (χ1n) is 10.1. The zero-order valence-corrected chi connectivity index (χ0v) is 18.0. The van der Waals surface area contributed by atoms with Gasteiger partial charge in [0.1, 0.15) is 12.2 Å². The highest BCUT2D eigenvalue weighted by molar-refractivity contribution is 6.01. The largest absolute Gasteiger partial charge is 0.479 e. The smallest absolute Gasteiger partial charge is 0.412 e. The van der Waals surface area contributed by atoms with E-state index in [2.05, 4.69) is 10.4 Å². The maximum absolute atomic E-state index is 12.6. The molecule has 1 aromatic heterocycles. The molecule has 0 aliphatic heterocycles. The standard InChI is InChI=1S/C23H22N4O6/c1-26-11-18(22(30)27(2)33-13-20(28)29)21(25-26)24-23(31)32-12-19-16-9-5-3-7-14(16)15-8-4-6-10-17(15)19/h3-11,19H,12-13H2,1-2H3,(H,28,29)(H,24,25,31). The molecule has 2 N–H and O–H groups in total. The average Bonchev–Trinajstić information content (AvgIpc) is 3.32. The molecule has 3 aromatic rings. The summed E-state index contributed by atoms with van der Waals surface area (Å²) in [6, 6.07) is 16.0. The van der Waals surface area contributed by atoms with E-state index in [0.29, 0.717) is 0 Å². The number of amides is 2. The van der Waals surface area contributed by atoms with E-state index in [9.17, 15) is 14.4 Å². The molecule has 1 aliphatic carbocycles. The first kappa shape index (κ1) is 22.0. The number of nitrogens with one attached hydrogen (secondary N) is 1. The molecule has 0 atom stereocenters. The summed E-state index contributed by atoms with van der Waals surface area (Å²) in [5.74, 6) is -2.02. The number of carbonyl (C=O) groups excluding carboxylic acids is 2. The highest BCUT2D eigenvalue weighted by Crippen LogP contribution is 2.44. The third-order valence-electron chi connectivity index (χ3n) is 5.29. The van der Waals surface area contributed by atoms with Gasteiger partial charge in [-0.25, -0.2) is 14.7 Å². The number of benzene rings is 2. The number of rotatable bonds is 7. The minimum atomic E-state index is -1.22. The number of aryl methyl sites for hydroxylation is 1. The highest BCUT2D eigenvalue weighted by Gasteiger charge is 2.29. The van der Waals surface area contributed by atoms with Crippen LogP contribution in [0.1, 0.15) is 27.4 Å². The molecule has 10 nitrogen and oxygen atoms in total. The first-order valence-corrected chi connectivity index (χ1v) is 10.1. The topological polar surface area (TPSA) is 123 Å². The van der Waals surface area contributed by atoms with Crippen LogP contribution in [0.4, 0.5) is 10.6 Å². The third kappa shape index (κ3) is 4.55. The Kier molecular flexibility index (Phi) is 6.09. The van der Waals surface area contributed by atoms with Gasteiger partial charge < -0.3 is 9.84 Å². The Morgan fingerprint density at radius 2 is 1.70 bits per heavy atom. The molecule has 4 rings (SSSR count). The number of carboxylic acid groups (broad SMARTS) is 1. The molecule has 0 bridgehead atoms. The number of hydrogen-bond acceptors (Lipinski definition) is 6. The van der Waals surface area contributed by atoms with Crippen molar-refractivity contribution in [2.75, 3.05) is 25.6 Å². The molecule has 170 valence electrons. The number of carbonyl (C=O) groups is 3. The number of hydrogen-bond donors (Lipinski definition) is 2. The second kappa shape index (κ2) is 9.13. The van der Waals surface area contributed by atoms with E-state index in [1.165, 1.54) is 17.9 Å². The number of hydroxylamine groups is 2. The predicted octanol–water partition coefficient (Wildman–Crippen LogP) is 2.87. The molecule has 0 spiro atoms. The van der Waals surface area contributed by atoms with Crippen LogP contribution in [0.3, 0.4) is 0 Å². The van der Waals surface area contributed by atoms with Crippen molar-refractivity contribution in [1.29, 1.82) is 0 Å². The number of ether oxygens (including phenoxy) is 1. The molecular weight excluding hydrogens is 428 g/mol. The minimum absolute atomic E-state index is 0.0227. The van der Waals surface area contributed by atoms with E-state index in [1.807, 2.05) is 48.5 Å². The van der Waals surface area contributed by atoms with Crippen molar-refractivity contribution in [3.05, 3.63) is 71.4 Å². The highest BCUT2D eigenvalue weighted by atomic mass is 16.7. The SMILES string of the molecule is CN(OCC(=O)O)C(=O)c1cn(C)nc1NC(=O)OCC1c2ccccc2-c2ccccc21. The summed E-state index contributed by atoms with van der Waals surface area (Å²) < 4.78 is 6.84. The van der Waals surface area contributed by atoms with Gasteiger partial charge in [0.15, 0.2) is 12.4 Å². The second-order valence-corrected chi connectivity index (χ2v) is 7.49. The van der Waals surface area contributed by atoms with Gasteiger partial charge in [-0.05, 0) is 22.3 Å². The summed E-state index contributed by atoms with van der Waals surface area (Å²) in [7, 11) is 2.85. The Morgan fingerprint density at radius 3 is 2.30 bits per heavy atom. The Labute approximate surface area is 189 Å². The molecule has 2 amide bonds. The number of aromatic nitrogens is 2. The molecule has 0 saturated carbocycles. The van der Waals surface area contributed by atoms with Crippen LogP contribution in [0.2, 0.25) is 0 Å². The van der Waals surface area contributed by atoms with E-state index >= 15 is 0 Å². The van der Waals surface area contributed by atoms with Crippen LogP contribution in [-0.2, 0) is 21.4 Å². The number of aliphatic carboxylic acids is 1. The maximum atomic E-state index is 12.6. The third-order valence-corrected chi connectivity index (χ3v) is 5.29. The molecule has 0 radical (unpaired) electrons. The summed E-state index contributed by atoms with van der Waals surface area (Å²) in [4.78, 5) is 40.7. The first-order chi connectivity index (χ1) is 15.8. The van der Waals surface area contributed by atoms with Gasteiger partial charge >= 0.3 is 12.1 Å². The summed E-state index contributed by atoms with van der Waals surface area (Å²) in [6.07, 6.45) is 0.626. The van der Waals surface area contributed by atoms with E-state index in [-0.39, 0.29) is 23.9 Å². The van der Waals surface area contributed by atoms with Crippen LogP contribution in [0, 0.1) is 0 Å². The van der Waals surface area contributed by atoms with Gasteiger partial charge in [0.25, 0.3) is 5.91 Å². The Bertz CT molecular complexity index is 1180. The number of nitrogens with zero attached hydrogens (tertiary/aromatic N) is 3. The lowest BCUT2D eigenvalue weighted by Gasteiger charge is -2.16. The number of anilines is 1. The molecule has 2 aromatic carbocycles. The van der Waals surface area contributed by atoms with E-state index in [0.717, 1.165) is 27.3 Å². The lowest BCUT2D eigenvalue weighted by atomic mass is 9.98. The van der Waals surface area contributed by atoms with Crippen molar-refractivity contribution in [2.24, 2.45) is 7.05 Å². The normalized spacial score (nSPS) is 12.1. The lowest BCUT2D eigenvalue weighted by Crippen LogP contribution is -2.30. The molecule has 0 fully saturated rings. The summed E-state index contributed by atoms with van der Waals surface area (Å²) >= 11 is 0. The molecule has 0 unspecified atom stereocenters. The van der Waals surface area contributed by atoms with Crippen LogP contribution in [0.5, 0.6) is 0 Å². The van der Waals surface area contributed by atoms with Gasteiger partial charge in [-0.15, -0.1) is 0 Å². The van der Waals surface area contributed by atoms with E-state index in [1.54, 1.807) is 7.05 Å². The summed E-state index contributed by atoms with van der Waals surface area (Å²) in [5.41, 5.74) is 4.42. The van der Waals surface area contributed by atoms with Gasteiger partial charge in [-0.1, -0.05) is 48.5 Å². The number of carboxylic acids is 1. The van der Waals surface area contributed by atoms with Crippen LogP contribution < -0.4 is 5.32 Å². The van der Waals surface area contributed by atoms with Crippen LogP contribution in [0.25, 0.3) is 11.1 Å². The van der Waals surface area contributed by atoms with Gasteiger partial charge in [0.05, 0.1) is 0 Å². The fraction of sp³-hybridized carbons (Fsp3) is 0.217. The predicted molar refractivity (Wildman–Crippen MR) is 118 cm³/mol. The quantitative estimate of drug-likeness (QED) is 0.531. The van der Waals surface area contributed by atoms with Crippen molar-refractivity contribution >= 4 is 23.8 Å². The van der Waals surface area contributed by atoms with Gasteiger partial charge in [-0.3, -0.25) is 19.6 Å². The van der Waals surface area contributed by atoms with E-state index in [4.69, 9.17) is 14.7 Å². The van der Waals surface area contributed by atoms with Crippen molar-refractivity contribution in [1.82, 2.24) is 14.8 Å². The fourth-order valence-electron chi connectivity index (χ4n) is 3.85. The molecule has 1 heterocycles. The Hall–Kier alpha value is -4.18. The van der Waals surface area contributed by atoms with Crippen molar-refractivity contribution in [3.63, 3.8) is 0 Å². The Balaban J connectivity index is 1.44. The van der Waals surface area contributed by atoms with Crippen LogP contribution in [0.15, 0.2) is 54.7 Å². The van der Waals surface area contributed by atoms with Crippen LogP contribution in [-0.4, -0.2) is 58.2 Å². The van der Waals surface area contributed by atoms with E-state index < -0.39 is 24.6 Å². The Morgan fingerprint density at radius 1 is 1.09 bits per heavy atom. The molecule has 10 heteroatoms. The summed E-state index contributed by atoms with van der Waals surface area (Å²) in [5, 5.41) is 16.1. The van der Waals surface area contributed by atoms with Crippen molar-refractivity contribution in [2.45, 2.75) is 5.92 Å². The van der Waals surface area contributed by atoms with Gasteiger partial charge in [-0.2, -0.15) is 5.10 Å². The number of fused-ring (bicyclic) bond motifs is 3. The van der Waals surface area contributed by atoms with Crippen molar-refractivity contribution in [3.8, 4) is 11.1 Å². The fourth-order valence-corrected chi connectivity index (χ4v) is 3.85.